The number of carbonyl (C=O) groups is 1. The van der Waals surface area contributed by atoms with Crippen molar-refractivity contribution in [2.75, 3.05) is 13.2 Å². The Balaban J connectivity index is 2.36. The van der Waals surface area contributed by atoms with Gasteiger partial charge < -0.3 is 19.6 Å². The van der Waals surface area contributed by atoms with Gasteiger partial charge in [0.15, 0.2) is 6.10 Å². The lowest BCUT2D eigenvalue weighted by molar-refractivity contribution is -0.127. The molecule has 142 valence electrons. The van der Waals surface area contributed by atoms with Gasteiger partial charge in [0.1, 0.15) is 11.3 Å². The zero-order valence-electron chi connectivity index (χ0n) is 15.6. The normalized spacial score (nSPS) is 12.2. The van der Waals surface area contributed by atoms with E-state index in [2.05, 4.69) is 12.2 Å². The maximum absolute atomic E-state index is 12.2. The molecule has 0 radical (unpaired) electrons. The minimum atomic E-state index is -0.704. The maximum Gasteiger partial charge on any atom is 0.336 e. The van der Waals surface area contributed by atoms with E-state index in [4.69, 9.17) is 14.3 Å². The van der Waals surface area contributed by atoms with Gasteiger partial charge in [-0.15, -0.1) is 0 Å². The molecule has 0 aliphatic rings. The molecule has 0 aliphatic carbocycles. The molecule has 1 amide bonds. The van der Waals surface area contributed by atoms with E-state index >= 15 is 0 Å². The third kappa shape index (κ3) is 5.08. The van der Waals surface area contributed by atoms with Gasteiger partial charge in [0.2, 0.25) is 0 Å². The molecule has 1 heterocycles. The quantitative estimate of drug-likeness (QED) is 0.529. The molecular weight excluding hydrogens is 334 g/mol. The smallest absolute Gasteiger partial charge is 0.336 e. The van der Waals surface area contributed by atoms with Crippen LogP contribution in [0, 0.1) is 6.92 Å². The predicted octanol–water partition coefficient (Wildman–Crippen LogP) is 2.71. The first kappa shape index (κ1) is 20.0. The minimum Gasteiger partial charge on any atom is -0.480 e. The Hall–Kier alpha value is -2.34. The van der Waals surface area contributed by atoms with E-state index in [1.165, 1.54) is 6.07 Å². The predicted molar refractivity (Wildman–Crippen MR) is 101 cm³/mol. The summed E-state index contributed by atoms with van der Waals surface area (Å²) in [5.74, 6) is 0.292. The molecule has 2 aromatic rings. The largest absolute Gasteiger partial charge is 0.480 e. The summed E-state index contributed by atoms with van der Waals surface area (Å²) >= 11 is 0. The molecule has 0 aliphatic heterocycles. The fourth-order valence-corrected chi connectivity index (χ4v) is 2.81. The van der Waals surface area contributed by atoms with E-state index in [9.17, 15) is 9.59 Å². The Morgan fingerprint density at radius 2 is 2.08 bits per heavy atom. The summed E-state index contributed by atoms with van der Waals surface area (Å²) in [5, 5.41) is 12.3. The lowest BCUT2D eigenvalue weighted by Gasteiger charge is -2.18. The Morgan fingerprint density at radius 1 is 1.31 bits per heavy atom. The van der Waals surface area contributed by atoms with Gasteiger partial charge in [0.05, 0.1) is 5.39 Å². The van der Waals surface area contributed by atoms with Crippen molar-refractivity contribution in [3.63, 3.8) is 0 Å². The number of hydrogen-bond donors (Lipinski definition) is 2. The van der Waals surface area contributed by atoms with Crippen LogP contribution in [0.4, 0.5) is 0 Å². The van der Waals surface area contributed by atoms with Crippen molar-refractivity contribution < 1.29 is 19.1 Å². The summed E-state index contributed by atoms with van der Waals surface area (Å²) in [6.45, 7) is 6.07. The van der Waals surface area contributed by atoms with Crippen molar-refractivity contribution in [2.45, 2.75) is 52.6 Å². The van der Waals surface area contributed by atoms with Crippen molar-refractivity contribution in [3.8, 4) is 5.75 Å². The molecular formula is C20H27NO5. The number of ether oxygens (including phenoxy) is 1. The van der Waals surface area contributed by atoms with Crippen LogP contribution in [0.3, 0.4) is 0 Å². The van der Waals surface area contributed by atoms with Crippen LogP contribution in [0.15, 0.2) is 27.4 Å². The second-order valence-electron chi connectivity index (χ2n) is 6.46. The summed E-state index contributed by atoms with van der Waals surface area (Å²) in [6, 6.07) is 5.17. The Morgan fingerprint density at radius 3 is 2.77 bits per heavy atom. The fraction of sp³-hybridized carbons (Fsp3) is 0.500. The van der Waals surface area contributed by atoms with Crippen LogP contribution in [-0.2, 0) is 11.2 Å². The monoisotopic (exact) mass is 361 g/mol. The average molecular weight is 361 g/mol. The summed E-state index contributed by atoms with van der Waals surface area (Å²) in [4.78, 5) is 24.0. The highest BCUT2D eigenvalue weighted by Crippen LogP contribution is 2.31. The van der Waals surface area contributed by atoms with Crippen LogP contribution in [0.5, 0.6) is 5.75 Å². The average Bonchev–Trinajstić information content (AvgIpc) is 2.58. The second-order valence-corrected chi connectivity index (χ2v) is 6.46. The number of benzene rings is 1. The Bertz CT molecular complexity index is 812. The van der Waals surface area contributed by atoms with Gasteiger partial charge in [0, 0.05) is 19.2 Å². The van der Waals surface area contributed by atoms with Gasteiger partial charge in [-0.1, -0.05) is 13.3 Å². The van der Waals surface area contributed by atoms with Crippen LogP contribution < -0.4 is 15.7 Å². The van der Waals surface area contributed by atoms with Gasteiger partial charge in [-0.3, -0.25) is 4.79 Å². The van der Waals surface area contributed by atoms with Crippen LogP contribution in [0.25, 0.3) is 11.0 Å². The molecule has 2 rings (SSSR count). The van der Waals surface area contributed by atoms with E-state index in [1.807, 2.05) is 19.1 Å². The van der Waals surface area contributed by atoms with Gasteiger partial charge >= 0.3 is 5.63 Å². The lowest BCUT2D eigenvalue weighted by atomic mass is 10.0. The molecule has 2 N–H and O–H groups in total. The molecule has 1 aromatic heterocycles. The molecule has 26 heavy (non-hydrogen) atoms. The minimum absolute atomic E-state index is 0.0257. The first-order chi connectivity index (χ1) is 12.5. The number of amides is 1. The molecule has 0 fully saturated rings. The van der Waals surface area contributed by atoms with Crippen LogP contribution in [0.1, 0.15) is 44.2 Å². The highest BCUT2D eigenvalue weighted by atomic mass is 16.5. The molecule has 0 bridgehead atoms. The fourth-order valence-electron chi connectivity index (χ4n) is 2.81. The van der Waals surface area contributed by atoms with Crippen molar-refractivity contribution in [1.29, 1.82) is 0 Å². The molecule has 0 unspecified atom stereocenters. The molecule has 1 aromatic carbocycles. The number of aryl methyl sites for hydroxylation is 2. The zero-order chi connectivity index (χ0) is 19.1. The number of nitrogens with one attached hydrogen (secondary N) is 1. The number of carbonyl (C=O) groups excluding carboxylic acids is 1. The molecule has 0 saturated heterocycles. The van der Waals surface area contributed by atoms with E-state index in [1.54, 1.807) is 6.92 Å². The van der Waals surface area contributed by atoms with Gasteiger partial charge in [-0.05, 0) is 56.4 Å². The van der Waals surface area contributed by atoms with Crippen LogP contribution >= 0.6 is 0 Å². The summed E-state index contributed by atoms with van der Waals surface area (Å²) < 4.78 is 11.3. The second kappa shape index (κ2) is 9.38. The first-order valence-corrected chi connectivity index (χ1v) is 9.08. The number of hydrogen-bond acceptors (Lipinski definition) is 5. The summed E-state index contributed by atoms with van der Waals surface area (Å²) in [6.07, 6.45) is 2.49. The number of fused-ring (bicyclic) bond motifs is 1. The standard InChI is InChI=1S/C20H27NO5/c1-4-5-7-15-12-18(23)26-17-11-13(2)10-16(19(15)17)25-14(3)20(24)21-8-6-9-22/h10-12,14,22H,4-9H2,1-3H3,(H,21,24)/t14-/m1/s1. The molecule has 6 nitrogen and oxygen atoms in total. The number of aliphatic hydroxyl groups is 1. The number of rotatable bonds is 9. The zero-order valence-corrected chi connectivity index (χ0v) is 15.6. The Kier molecular flexibility index (Phi) is 7.21. The van der Waals surface area contributed by atoms with E-state index in [0.29, 0.717) is 24.3 Å². The van der Waals surface area contributed by atoms with Crippen LogP contribution in [0.2, 0.25) is 0 Å². The van der Waals surface area contributed by atoms with Gasteiger partial charge in [0.25, 0.3) is 5.91 Å². The molecule has 6 heteroatoms. The Labute approximate surface area is 153 Å². The van der Waals surface area contributed by atoms with E-state index in [-0.39, 0.29) is 18.1 Å². The first-order valence-electron chi connectivity index (χ1n) is 9.08. The highest BCUT2D eigenvalue weighted by Gasteiger charge is 2.18. The van der Waals surface area contributed by atoms with Gasteiger partial charge in [-0.2, -0.15) is 0 Å². The molecule has 0 saturated carbocycles. The van der Waals surface area contributed by atoms with E-state index < -0.39 is 6.10 Å². The topological polar surface area (TPSA) is 88.8 Å². The van der Waals surface area contributed by atoms with Crippen molar-refractivity contribution in [1.82, 2.24) is 5.32 Å². The number of unbranched alkanes of at least 4 members (excludes halogenated alkanes) is 1. The molecule has 1 atom stereocenters. The third-order valence-electron chi connectivity index (χ3n) is 4.14. The van der Waals surface area contributed by atoms with Crippen molar-refractivity contribution in [3.05, 3.63) is 39.7 Å². The van der Waals surface area contributed by atoms with E-state index in [0.717, 1.165) is 35.8 Å². The molecule has 0 spiro atoms. The third-order valence-corrected chi connectivity index (χ3v) is 4.14. The lowest BCUT2D eigenvalue weighted by Crippen LogP contribution is -2.37. The SMILES string of the molecule is CCCCc1cc(=O)oc2cc(C)cc(O[C@H](C)C(=O)NCCCO)c12. The highest BCUT2D eigenvalue weighted by molar-refractivity contribution is 5.88. The van der Waals surface area contributed by atoms with Crippen LogP contribution in [-0.4, -0.2) is 30.3 Å². The number of aliphatic hydroxyl groups excluding tert-OH is 1. The maximum atomic E-state index is 12.2. The summed E-state index contributed by atoms with van der Waals surface area (Å²) in [5.41, 5.74) is 1.86. The van der Waals surface area contributed by atoms with Gasteiger partial charge in [-0.25, -0.2) is 4.79 Å². The van der Waals surface area contributed by atoms with Crippen molar-refractivity contribution >= 4 is 16.9 Å². The van der Waals surface area contributed by atoms with Crippen molar-refractivity contribution in [2.24, 2.45) is 0 Å². The summed E-state index contributed by atoms with van der Waals surface area (Å²) in [7, 11) is 0.